The van der Waals surface area contributed by atoms with Crippen LogP contribution in [0.3, 0.4) is 0 Å². The summed E-state index contributed by atoms with van der Waals surface area (Å²) in [4.78, 5) is 26.0. The number of amides is 2. The highest BCUT2D eigenvalue weighted by molar-refractivity contribution is 5.97. The Kier molecular flexibility index (Phi) is 3.92. The summed E-state index contributed by atoms with van der Waals surface area (Å²) in [5, 5.41) is 6.23. The molecular weight excluding hydrogens is 266 g/mol. The molecule has 112 valence electrons. The maximum Gasteiger partial charge on any atom is 0.231 e. The number of benzene rings is 1. The van der Waals surface area contributed by atoms with Gasteiger partial charge in [0.2, 0.25) is 11.8 Å². The van der Waals surface area contributed by atoms with Gasteiger partial charge in [-0.3, -0.25) is 9.59 Å². The summed E-state index contributed by atoms with van der Waals surface area (Å²) in [6.45, 7) is 4.00. The number of para-hydroxylation sites is 1. The number of piperidine rings is 1. The Hall–Kier alpha value is -1.88. The Balaban J connectivity index is 1.85. The number of rotatable bonds is 1. The van der Waals surface area contributed by atoms with Crippen LogP contribution in [0, 0.1) is 5.92 Å². The van der Waals surface area contributed by atoms with Gasteiger partial charge in [0.15, 0.2) is 0 Å². The molecule has 2 aliphatic rings. The van der Waals surface area contributed by atoms with Gasteiger partial charge in [-0.1, -0.05) is 18.2 Å². The summed E-state index contributed by atoms with van der Waals surface area (Å²) < 4.78 is 0. The van der Waals surface area contributed by atoms with Gasteiger partial charge >= 0.3 is 0 Å². The molecule has 1 fully saturated rings. The van der Waals surface area contributed by atoms with Gasteiger partial charge in [0.05, 0.1) is 5.92 Å². The van der Waals surface area contributed by atoms with Gasteiger partial charge in [0.25, 0.3) is 0 Å². The van der Waals surface area contributed by atoms with Crippen LogP contribution in [0.25, 0.3) is 0 Å². The minimum atomic E-state index is -0.110. The van der Waals surface area contributed by atoms with E-state index in [0.29, 0.717) is 25.9 Å². The Morgan fingerprint density at radius 1 is 1.33 bits per heavy atom. The van der Waals surface area contributed by atoms with Gasteiger partial charge in [-0.25, -0.2) is 0 Å². The number of carbonyl (C=O) groups excluding carboxylic acids is 2. The summed E-state index contributed by atoms with van der Waals surface area (Å²) in [6.07, 6.45) is 1.09. The summed E-state index contributed by atoms with van der Waals surface area (Å²) in [6, 6.07) is 8.29. The van der Waals surface area contributed by atoms with Gasteiger partial charge in [-0.15, -0.1) is 0 Å². The van der Waals surface area contributed by atoms with Crippen LogP contribution in [0.1, 0.15) is 25.3 Å². The number of anilines is 1. The average Bonchev–Trinajstić information content (AvgIpc) is 2.67. The van der Waals surface area contributed by atoms with Gasteiger partial charge in [0, 0.05) is 37.8 Å². The molecule has 0 radical (unpaired) electrons. The van der Waals surface area contributed by atoms with Crippen molar-refractivity contribution in [2.24, 2.45) is 5.92 Å². The smallest absolute Gasteiger partial charge is 0.231 e. The number of fused-ring (bicyclic) bond motifs is 1. The van der Waals surface area contributed by atoms with Crippen LogP contribution in [0.5, 0.6) is 0 Å². The van der Waals surface area contributed by atoms with E-state index in [4.69, 9.17) is 0 Å². The van der Waals surface area contributed by atoms with Crippen molar-refractivity contribution in [2.45, 2.75) is 32.4 Å². The SMILES string of the molecule is CC1CN(C(=O)C2CCC(=O)NC2)c2ccccc2CN1. The van der Waals surface area contributed by atoms with Crippen molar-refractivity contribution >= 4 is 17.5 Å². The molecule has 5 heteroatoms. The number of hydrogen-bond acceptors (Lipinski definition) is 3. The Morgan fingerprint density at radius 2 is 2.14 bits per heavy atom. The Labute approximate surface area is 124 Å². The molecule has 5 nitrogen and oxygen atoms in total. The highest BCUT2D eigenvalue weighted by Crippen LogP contribution is 2.26. The molecule has 2 aliphatic heterocycles. The first kappa shape index (κ1) is 14.1. The Bertz CT molecular complexity index is 548. The van der Waals surface area contributed by atoms with E-state index < -0.39 is 0 Å². The number of carbonyl (C=O) groups is 2. The van der Waals surface area contributed by atoms with Crippen LogP contribution in [-0.4, -0.2) is 30.9 Å². The second-order valence-corrected chi connectivity index (χ2v) is 5.90. The van der Waals surface area contributed by atoms with E-state index in [1.54, 1.807) is 0 Å². The first-order chi connectivity index (χ1) is 10.1. The normalized spacial score (nSPS) is 25.8. The minimum Gasteiger partial charge on any atom is -0.355 e. The molecule has 3 rings (SSSR count). The molecule has 2 unspecified atom stereocenters. The van der Waals surface area contributed by atoms with E-state index in [9.17, 15) is 9.59 Å². The van der Waals surface area contributed by atoms with E-state index in [0.717, 1.165) is 17.8 Å². The molecule has 0 spiro atoms. The minimum absolute atomic E-state index is 0.0466. The van der Waals surface area contributed by atoms with Crippen LogP contribution in [-0.2, 0) is 16.1 Å². The standard InChI is InChI=1S/C16H21N3O2/c1-11-10-19(14-5-3-2-4-12(14)8-17-11)16(21)13-6-7-15(20)18-9-13/h2-5,11,13,17H,6-10H2,1H3,(H,18,20). The lowest BCUT2D eigenvalue weighted by Gasteiger charge is -2.30. The number of nitrogens with zero attached hydrogens (tertiary/aromatic N) is 1. The zero-order valence-corrected chi connectivity index (χ0v) is 12.3. The van der Waals surface area contributed by atoms with E-state index in [1.165, 1.54) is 0 Å². The molecule has 2 N–H and O–H groups in total. The maximum atomic E-state index is 12.9. The van der Waals surface area contributed by atoms with Crippen LogP contribution in [0.15, 0.2) is 24.3 Å². The molecule has 0 aromatic heterocycles. The lowest BCUT2D eigenvalue weighted by Crippen LogP contribution is -2.47. The third-order valence-electron chi connectivity index (χ3n) is 4.26. The highest BCUT2D eigenvalue weighted by atomic mass is 16.2. The van der Waals surface area contributed by atoms with Crippen LogP contribution in [0.4, 0.5) is 5.69 Å². The topological polar surface area (TPSA) is 61.4 Å². The van der Waals surface area contributed by atoms with Crippen molar-refractivity contribution in [3.8, 4) is 0 Å². The lowest BCUT2D eigenvalue weighted by molar-refractivity contribution is -0.127. The van der Waals surface area contributed by atoms with E-state index in [1.807, 2.05) is 23.1 Å². The average molecular weight is 287 g/mol. The van der Waals surface area contributed by atoms with Crippen LogP contribution >= 0.6 is 0 Å². The molecule has 2 atom stereocenters. The molecule has 1 saturated heterocycles. The van der Waals surface area contributed by atoms with Gasteiger partial charge in [-0.05, 0) is 25.0 Å². The van der Waals surface area contributed by atoms with Crippen LogP contribution < -0.4 is 15.5 Å². The second-order valence-electron chi connectivity index (χ2n) is 5.90. The molecule has 21 heavy (non-hydrogen) atoms. The van der Waals surface area contributed by atoms with Crippen molar-refractivity contribution in [3.05, 3.63) is 29.8 Å². The van der Waals surface area contributed by atoms with Crippen molar-refractivity contribution in [1.29, 1.82) is 0 Å². The molecule has 0 aliphatic carbocycles. The van der Waals surface area contributed by atoms with E-state index in [2.05, 4.69) is 23.6 Å². The third kappa shape index (κ3) is 2.93. The maximum absolute atomic E-state index is 12.9. The van der Waals surface area contributed by atoms with Gasteiger partial charge in [-0.2, -0.15) is 0 Å². The molecule has 0 bridgehead atoms. The van der Waals surface area contributed by atoms with Crippen molar-refractivity contribution in [2.75, 3.05) is 18.0 Å². The quantitative estimate of drug-likeness (QED) is 0.811. The van der Waals surface area contributed by atoms with Crippen molar-refractivity contribution in [1.82, 2.24) is 10.6 Å². The van der Waals surface area contributed by atoms with E-state index >= 15 is 0 Å². The number of nitrogens with one attached hydrogen (secondary N) is 2. The molecule has 0 saturated carbocycles. The fourth-order valence-electron chi connectivity index (χ4n) is 3.02. The largest absolute Gasteiger partial charge is 0.355 e. The molecule has 2 amide bonds. The molecular formula is C16H21N3O2. The first-order valence-corrected chi connectivity index (χ1v) is 7.54. The predicted molar refractivity (Wildman–Crippen MR) is 80.8 cm³/mol. The zero-order valence-electron chi connectivity index (χ0n) is 12.3. The molecule has 2 heterocycles. The van der Waals surface area contributed by atoms with Gasteiger partial charge < -0.3 is 15.5 Å². The second kappa shape index (κ2) is 5.85. The third-order valence-corrected chi connectivity index (χ3v) is 4.26. The summed E-state index contributed by atoms with van der Waals surface area (Å²) in [7, 11) is 0. The fraction of sp³-hybridized carbons (Fsp3) is 0.500. The van der Waals surface area contributed by atoms with E-state index in [-0.39, 0.29) is 23.8 Å². The predicted octanol–water partition coefficient (Wildman–Crippen LogP) is 1.04. The van der Waals surface area contributed by atoms with Crippen LogP contribution in [0.2, 0.25) is 0 Å². The lowest BCUT2D eigenvalue weighted by atomic mass is 9.97. The zero-order chi connectivity index (χ0) is 14.8. The van der Waals surface area contributed by atoms with Crippen molar-refractivity contribution < 1.29 is 9.59 Å². The summed E-state index contributed by atoms with van der Waals surface area (Å²) in [5.41, 5.74) is 2.14. The van der Waals surface area contributed by atoms with Gasteiger partial charge in [0.1, 0.15) is 0 Å². The monoisotopic (exact) mass is 287 g/mol. The van der Waals surface area contributed by atoms with Crippen molar-refractivity contribution in [3.63, 3.8) is 0 Å². The Morgan fingerprint density at radius 3 is 2.90 bits per heavy atom. The fourth-order valence-corrected chi connectivity index (χ4v) is 3.02. The molecule has 1 aromatic carbocycles. The highest BCUT2D eigenvalue weighted by Gasteiger charge is 2.31. The summed E-state index contributed by atoms with van der Waals surface area (Å²) in [5.74, 6) is 0.0596. The summed E-state index contributed by atoms with van der Waals surface area (Å²) >= 11 is 0. The first-order valence-electron chi connectivity index (χ1n) is 7.54. The number of hydrogen-bond donors (Lipinski definition) is 2. The molecule has 1 aromatic rings.